The Morgan fingerprint density at radius 3 is 2.86 bits per heavy atom. The molecule has 0 aliphatic carbocycles. The summed E-state index contributed by atoms with van der Waals surface area (Å²) in [7, 11) is 4.03. The maximum Gasteiger partial charge on any atom is 0.224 e. The maximum atomic E-state index is 10.1. The summed E-state index contributed by atoms with van der Waals surface area (Å²) in [5, 5.41) is 22.7. The highest BCUT2D eigenvalue weighted by atomic mass is 35.5. The number of nitrogens with one attached hydrogen (secondary N) is 1. The molecule has 9 heteroatoms. The van der Waals surface area contributed by atoms with Gasteiger partial charge in [0.05, 0.1) is 5.02 Å². The Labute approximate surface area is 166 Å². The van der Waals surface area contributed by atoms with Crippen molar-refractivity contribution in [1.82, 2.24) is 29.5 Å². The van der Waals surface area contributed by atoms with Crippen LogP contribution in [0.3, 0.4) is 0 Å². The van der Waals surface area contributed by atoms with Crippen molar-refractivity contribution < 1.29 is 5.11 Å². The first-order valence-corrected chi connectivity index (χ1v) is 9.20. The molecule has 0 bridgehead atoms. The van der Waals surface area contributed by atoms with Crippen molar-refractivity contribution in [2.24, 2.45) is 0 Å². The molecule has 0 unspecified atom stereocenters. The van der Waals surface area contributed by atoms with Crippen LogP contribution in [0.1, 0.15) is 5.56 Å². The summed E-state index contributed by atoms with van der Waals surface area (Å²) >= 11 is 6.41. The molecule has 0 radical (unpaired) electrons. The molecule has 0 saturated carbocycles. The van der Waals surface area contributed by atoms with Crippen molar-refractivity contribution in [3.8, 4) is 16.9 Å². The lowest BCUT2D eigenvalue weighted by Gasteiger charge is -2.13. The van der Waals surface area contributed by atoms with Crippen LogP contribution < -0.4 is 5.32 Å². The van der Waals surface area contributed by atoms with Gasteiger partial charge in [0.1, 0.15) is 12.1 Å². The van der Waals surface area contributed by atoms with E-state index in [-0.39, 0.29) is 10.8 Å². The van der Waals surface area contributed by atoms with E-state index >= 15 is 0 Å². The molecule has 0 aliphatic heterocycles. The lowest BCUT2D eigenvalue weighted by molar-refractivity contribution is 0.425. The standard InChI is InChI=1S/C19H20ClN7O/c1-11-4-5-14(28)16(20)15(11)13-8-12-9-22-19(21-6-7-26(2)3)24-17(12)27-10-23-25-18(13)27/h4-5,8-10,28H,6-7H2,1-3H3,(H,21,22,24). The molecule has 8 nitrogen and oxygen atoms in total. The van der Waals surface area contributed by atoms with Gasteiger partial charge >= 0.3 is 0 Å². The lowest BCUT2D eigenvalue weighted by atomic mass is 10.00. The second-order valence-corrected chi connectivity index (χ2v) is 7.25. The van der Waals surface area contributed by atoms with Crippen LogP contribution >= 0.6 is 11.6 Å². The highest BCUT2D eigenvalue weighted by molar-refractivity contribution is 6.35. The number of phenols is 1. The Hall–Kier alpha value is -2.97. The van der Waals surface area contributed by atoms with Gasteiger partial charge in [-0.1, -0.05) is 17.7 Å². The summed E-state index contributed by atoms with van der Waals surface area (Å²) in [5.41, 5.74) is 3.71. The van der Waals surface area contributed by atoms with Gasteiger partial charge in [0.25, 0.3) is 0 Å². The predicted octanol–water partition coefficient (Wildman–Crippen LogP) is 2.98. The molecule has 28 heavy (non-hydrogen) atoms. The average molecular weight is 398 g/mol. The second-order valence-electron chi connectivity index (χ2n) is 6.88. The molecule has 3 heterocycles. The smallest absolute Gasteiger partial charge is 0.224 e. The topological polar surface area (TPSA) is 91.5 Å². The van der Waals surface area contributed by atoms with Crippen molar-refractivity contribution in [2.45, 2.75) is 6.92 Å². The van der Waals surface area contributed by atoms with Crippen molar-refractivity contribution in [1.29, 1.82) is 0 Å². The molecule has 2 N–H and O–H groups in total. The number of benzene rings is 1. The molecule has 0 amide bonds. The molecule has 0 fully saturated rings. The fourth-order valence-corrected chi connectivity index (χ4v) is 3.44. The van der Waals surface area contributed by atoms with Crippen LogP contribution in [-0.4, -0.2) is 61.8 Å². The highest BCUT2D eigenvalue weighted by Crippen LogP contribution is 2.39. The highest BCUT2D eigenvalue weighted by Gasteiger charge is 2.18. The Morgan fingerprint density at radius 2 is 2.07 bits per heavy atom. The predicted molar refractivity (Wildman–Crippen MR) is 110 cm³/mol. The van der Waals surface area contributed by atoms with Gasteiger partial charge in [-0.15, -0.1) is 10.2 Å². The number of rotatable bonds is 5. The monoisotopic (exact) mass is 397 g/mol. The molecule has 1 aromatic carbocycles. The third kappa shape index (κ3) is 3.21. The zero-order valence-corrected chi connectivity index (χ0v) is 16.6. The molecular weight excluding hydrogens is 378 g/mol. The number of aryl methyl sites for hydroxylation is 1. The summed E-state index contributed by atoms with van der Waals surface area (Å²) in [6.07, 6.45) is 3.37. The number of aromatic nitrogens is 5. The molecule has 4 aromatic rings. The Bertz CT molecular complexity index is 1170. The minimum absolute atomic E-state index is 0.0247. The summed E-state index contributed by atoms with van der Waals surface area (Å²) in [5.74, 6) is 0.570. The Balaban J connectivity index is 1.87. The molecule has 4 rings (SSSR count). The van der Waals surface area contributed by atoms with E-state index in [0.29, 0.717) is 17.2 Å². The van der Waals surface area contributed by atoms with Gasteiger partial charge in [0.2, 0.25) is 5.95 Å². The number of hydrogen-bond acceptors (Lipinski definition) is 7. The van der Waals surface area contributed by atoms with Crippen molar-refractivity contribution in [3.63, 3.8) is 0 Å². The Morgan fingerprint density at radius 1 is 1.25 bits per heavy atom. The third-order valence-corrected chi connectivity index (χ3v) is 4.94. The number of phenolic OH excluding ortho intramolecular Hbond substituents is 1. The minimum Gasteiger partial charge on any atom is -0.506 e. The summed E-state index contributed by atoms with van der Waals surface area (Å²) in [4.78, 5) is 11.1. The first-order valence-electron chi connectivity index (χ1n) is 8.82. The normalized spacial score (nSPS) is 11.6. The number of hydrogen-bond donors (Lipinski definition) is 2. The first kappa shape index (κ1) is 18.4. The number of fused-ring (bicyclic) bond motifs is 3. The molecule has 0 atom stereocenters. The molecule has 0 aliphatic rings. The molecule has 144 valence electrons. The van der Waals surface area contributed by atoms with E-state index in [2.05, 4.69) is 30.4 Å². The molecular formula is C19H20ClN7O. The third-order valence-electron chi connectivity index (χ3n) is 4.55. The number of likely N-dealkylation sites (N-methyl/N-ethyl adjacent to an activating group) is 1. The van der Waals surface area contributed by atoms with Crippen LogP contribution in [0.25, 0.3) is 27.8 Å². The number of halogens is 1. The fraction of sp³-hybridized carbons (Fsp3) is 0.263. The van der Waals surface area contributed by atoms with E-state index in [1.54, 1.807) is 18.6 Å². The SMILES string of the molecule is Cc1ccc(O)c(Cl)c1-c1cc2cnc(NCCN(C)C)nc2n2cnnc12. The van der Waals surface area contributed by atoms with Crippen LogP contribution in [0.15, 0.2) is 30.7 Å². The second kappa shape index (κ2) is 7.21. The van der Waals surface area contributed by atoms with Gasteiger partial charge in [-0.25, -0.2) is 4.98 Å². The number of pyridine rings is 1. The van der Waals surface area contributed by atoms with E-state index in [1.807, 2.05) is 37.6 Å². The van der Waals surface area contributed by atoms with E-state index in [9.17, 15) is 5.11 Å². The van der Waals surface area contributed by atoms with Crippen LogP contribution in [0.4, 0.5) is 5.95 Å². The van der Waals surface area contributed by atoms with Crippen molar-refractivity contribution >= 4 is 34.2 Å². The van der Waals surface area contributed by atoms with Gasteiger partial charge in [0, 0.05) is 35.8 Å². The van der Waals surface area contributed by atoms with Gasteiger partial charge in [0.15, 0.2) is 11.3 Å². The quantitative estimate of drug-likeness (QED) is 0.534. The minimum atomic E-state index is 0.0247. The largest absolute Gasteiger partial charge is 0.506 e. The zero-order valence-electron chi connectivity index (χ0n) is 15.8. The molecule has 3 aromatic heterocycles. The number of anilines is 1. The summed E-state index contributed by atoms with van der Waals surface area (Å²) < 4.78 is 1.81. The number of nitrogens with zero attached hydrogens (tertiary/aromatic N) is 6. The van der Waals surface area contributed by atoms with Crippen LogP contribution in [-0.2, 0) is 0 Å². The average Bonchev–Trinajstić information content (AvgIpc) is 3.15. The van der Waals surface area contributed by atoms with E-state index < -0.39 is 0 Å². The van der Waals surface area contributed by atoms with E-state index in [1.165, 1.54) is 0 Å². The maximum absolute atomic E-state index is 10.1. The zero-order chi connectivity index (χ0) is 19.8. The Kier molecular flexibility index (Phi) is 4.74. The fourth-order valence-electron chi connectivity index (χ4n) is 3.12. The molecule has 0 spiro atoms. The van der Waals surface area contributed by atoms with Gasteiger partial charge in [-0.2, -0.15) is 4.98 Å². The van der Waals surface area contributed by atoms with Crippen molar-refractivity contribution in [3.05, 3.63) is 41.3 Å². The van der Waals surface area contributed by atoms with Crippen LogP contribution in [0, 0.1) is 6.92 Å². The van der Waals surface area contributed by atoms with Crippen LogP contribution in [0.5, 0.6) is 5.75 Å². The van der Waals surface area contributed by atoms with Crippen LogP contribution in [0.2, 0.25) is 5.02 Å². The number of aromatic hydroxyl groups is 1. The van der Waals surface area contributed by atoms with E-state index in [4.69, 9.17) is 11.6 Å². The van der Waals surface area contributed by atoms with Crippen molar-refractivity contribution in [2.75, 3.05) is 32.5 Å². The van der Waals surface area contributed by atoms with Gasteiger partial charge in [-0.3, -0.25) is 4.40 Å². The first-order chi connectivity index (χ1) is 13.5. The van der Waals surface area contributed by atoms with Gasteiger partial charge in [-0.05, 0) is 38.7 Å². The van der Waals surface area contributed by atoms with E-state index in [0.717, 1.165) is 35.2 Å². The molecule has 0 saturated heterocycles. The summed E-state index contributed by atoms with van der Waals surface area (Å²) in [6.45, 7) is 3.55. The summed E-state index contributed by atoms with van der Waals surface area (Å²) in [6, 6.07) is 5.33. The van der Waals surface area contributed by atoms with Gasteiger partial charge < -0.3 is 15.3 Å². The lowest BCUT2D eigenvalue weighted by Crippen LogP contribution is -2.21.